The minimum absolute atomic E-state index is 0.166. The summed E-state index contributed by atoms with van der Waals surface area (Å²) in [5.74, 6) is 0.166. The SMILES string of the molecule is CC1(C2=CNC(N)C=C2)CC(C)(C)N(C2=CCOCC2)C1=O. The van der Waals surface area contributed by atoms with Crippen LogP contribution in [0.4, 0.5) is 0 Å². The summed E-state index contributed by atoms with van der Waals surface area (Å²) in [5, 5.41) is 3.10. The Morgan fingerprint density at radius 3 is 2.77 bits per heavy atom. The predicted octanol–water partition coefficient (Wildman–Crippen LogP) is 1.64. The molecule has 0 aliphatic carbocycles. The van der Waals surface area contributed by atoms with Crippen LogP contribution in [-0.2, 0) is 9.53 Å². The highest BCUT2D eigenvalue weighted by Gasteiger charge is 2.55. The van der Waals surface area contributed by atoms with Gasteiger partial charge in [-0.3, -0.25) is 4.79 Å². The monoisotopic (exact) mass is 303 g/mol. The number of allylic oxidation sites excluding steroid dienone is 1. The molecule has 0 spiro atoms. The van der Waals surface area contributed by atoms with Gasteiger partial charge >= 0.3 is 0 Å². The van der Waals surface area contributed by atoms with Gasteiger partial charge in [-0.1, -0.05) is 6.08 Å². The molecule has 0 aromatic carbocycles. The van der Waals surface area contributed by atoms with Crippen molar-refractivity contribution in [3.63, 3.8) is 0 Å². The summed E-state index contributed by atoms with van der Waals surface area (Å²) in [6.07, 6.45) is 9.21. The van der Waals surface area contributed by atoms with Gasteiger partial charge in [-0.25, -0.2) is 0 Å². The van der Waals surface area contributed by atoms with Crippen LogP contribution in [-0.4, -0.2) is 35.7 Å². The quantitative estimate of drug-likeness (QED) is 0.814. The lowest BCUT2D eigenvalue weighted by molar-refractivity contribution is -0.134. The van der Waals surface area contributed by atoms with Gasteiger partial charge in [0.05, 0.1) is 24.8 Å². The summed E-state index contributed by atoms with van der Waals surface area (Å²) in [4.78, 5) is 15.2. The normalized spacial score (nSPS) is 34.3. The summed E-state index contributed by atoms with van der Waals surface area (Å²) in [7, 11) is 0. The van der Waals surface area contributed by atoms with E-state index in [1.54, 1.807) is 0 Å². The molecule has 0 aromatic rings. The summed E-state index contributed by atoms with van der Waals surface area (Å²) < 4.78 is 5.38. The first-order valence-corrected chi connectivity index (χ1v) is 7.86. The molecule has 0 bridgehead atoms. The Labute approximate surface area is 131 Å². The lowest BCUT2D eigenvalue weighted by atomic mass is 9.76. The van der Waals surface area contributed by atoms with Gasteiger partial charge in [0.15, 0.2) is 0 Å². The Balaban J connectivity index is 1.94. The number of hydrogen-bond acceptors (Lipinski definition) is 4. The molecule has 1 fully saturated rings. The first kappa shape index (κ1) is 15.3. The maximum Gasteiger partial charge on any atom is 0.237 e. The third-order valence-electron chi connectivity index (χ3n) is 4.84. The minimum atomic E-state index is -0.522. The van der Waals surface area contributed by atoms with Gasteiger partial charge in [0.2, 0.25) is 5.91 Å². The molecule has 0 saturated carbocycles. The number of nitrogens with zero attached hydrogens (tertiary/aromatic N) is 1. The number of nitrogens with two attached hydrogens (primary N) is 1. The van der Waals surface area contributed by atoms with E-state index in [4.69, 9.17) is 10.5 Å². The number of likely N-dealkylation sites (tertiary alicyclic amines) is 1. The molecule has 1 saturated heterocycles. The third kappa shape index (κ3) is 2.38. The van der Waals surface area contributed by atoms with Gasteiger partial charge in [0.1, 0.15) is 0 Å². The van der Waals surface area contributed by atoms with E-state index >= 15 is 0 Å². The molecule has 22 heavy (non-hydrogen) atoms. The van der Waals surface area contributed by atoms with Crippen LogP contribution in [0.2, 0.25) is 0 Å². The van der Waals surface area contributed by atoms with E-state index in [9.17, 15) is 4.79 Å². The zero-order valence-electron chi connectivity index (χ0n) is 13.6. The van der Waals surface area contributed by atoms with E-state index in [1.807, 2.05) is 36.3 Å². The lowest BCUT2D eigenvalue weighted by Gasteiger charge is -2.35. The van der Waals surface area contributed by atoms with Crippen LogP contribution in [0.25, 0.3) is 0 Å². The van der Waals surface area contributed by atoms with Crippen molar-refractivity contribution in [2.75, 3.05) is 13.2 Å². The van der Waals surface area contributed by atoms with Gasteiger partial charge in [-0.15, -0.1) is 0 Å². The number of carbonyl (C=O) groups is 1. The summed E-state index contributed by atoms with van der Waals surface area (Å²) in [5.41, 5.74) is 7.18. The molecular formula is C17H25N3O2. The molecule has 0 radical (unpaired) electrons. The highest BCUT2D eigenvalue weighted by Crippen LogP contribution is 2.49. The van der Waals surface area contributed by atoms with E-state index < -0.39 is 5.41 Å². The number of nitrogens with one attached hydrogen (secondary N) is 1. The first-order chi connectivity index (χ1) is 10.3. The average Bonchev–Trinajstić information content (AvgIpc) is 2.66. The minimum Gasteiger partial charge on any atom is -0.377 e. The molecule has 3 heterocycles. The molecular weight excluding hydrogens is 278 g/mol. The molecule has 3 aliphatic heterocycles. The third-order valence-corrected chi connectivity index (χ3v) is 4.84. The molecule has 2 unspecified atom stereocenters. The van der Waals surface area contributed by atoms with E-state index in [1.165, 1.54) is 0 Å². The highest BCUT2D eigenvalue weighted by atomic mass is 16.5. The Hall–Kier alpha value is -1.59. The Morgan fingerprint density at radius 1 is 1.41 bits per heavy atom. The fraction of sp³-hybridized carbons (Fsp3) is 0.588. The molecule has 3 N–H and O–H groups in total. The first-order valence-electron chi connectivity index (χ1n) is 7.86. The Morgan fingerprint density at radius 2 is 2.18 bits per heavy atom. The fourth-order valence-electron chi connectivity index (χ4n) is 3.85. The van der Waals surface area contributed by atoms with Crippen molar-refractivity contribution < 1.29 is 9.53 Å². The number of rotatable bonds is 2. The molecule has 2 atom stereocenters. The highest BCUT2D eigenvalue weighted by molar-refractivity contribution is 5.91. The predicted molar refractivity (Wildman–Crippen MR) is 85.5 cm³/mol. The average molecular weight is 303 g/mol. The van der Waals surface area contributed by atoms with Crippen molar-refractivity contribution >= 4 is 5.91 Å². The number of carbonyl (C=O) groups excluding carboxylic acids is 1. The fourth-order valence-corrected chi connectivity index (χ4v) is 3.85. The molecule has 0 aromatic heterocycles. The van der Waals surface area contributed by atoms with Gasteiger partial charge in [-0.05, 0) is 44.9 Å². The van der Waals surface area contributed by atoms with Crippen molar-refractivity contribution in [1.29, 1.82) is 0 Å². The lowest BCUT2D eigenvalue weighted by Crippen LogP contribution is -2.42. The number of ether oxygens (including phenoxy) is 1. The Bertz CT molecular complexity index is 576. The van der Waals surface area contributed by atoms with Gasteiger partial charge in [-0.2, -0.15) is 0 Å². The van der Waals surface area contributed by atoms with E-state index in [0.717, 1.165) is 24.1 Å². The second kappa shape index (κ2) is 5.25. The van der Waals surface area contributed by atoms with Crippen molar-refractivity contribution in [2.45, 2.75) is 45.3 Å². The van der Waals surface area contributed by atoms with Crippen molar-refractivity contribution in [3.05, 3.63) is 35.7 Å². The van der Waals surface area contributed by atoms with E-state index in [-0.39, 0.29) is 17.6 Å². The summed E-state index contributed by atoms with van der Waals surface area (Å²) >= 11 is 0. The van der Waals surface area contributed by atoms with Gasteiger partial charge < -0.3 is 20.7 Å². The Kier molecular flexibility index (Phi) is 3.65. The second-order valence-electron chi connectivity index (χ2n) is 7.13. The van der Waals surface area contributed by atoms with Crippen LogP contribution in [0.15, 0.2) is 35.7 Å². The summed E-state index contributed by atoms with van der Waals surface area (Å²) in [6, 6.07) is 0. The molecule has 1 amide bonds. The van der Waals surface area contributed by atoms with Crippen LogP contribution in [0, 0.1) is 5.41 Å². The zero-order valence-corrected chi connectivity index (χ0v) is 13.6. The topological polar surface area (TPSA) is 67.6 Å². The number of hydrogen-bond donors (Lipinski definition) is 2. The maximum absolute atomic E-state index is 13.2. The van der Waals surface area contributed by atoms with Crippen LogP contribution in [0.1, 0.15) is 33.6 Å². The molecule has 5 nitrogen and oxygen atoms in total. The smallest absolute Gasteiger partial charge is 0.237 e. The van der Waals surface area contributed by atoms with Crippen LogP contribution < -0.4 is 11.1 Å². The standard InChI is InChI=1S/C17H25N3O2/c1-16(2)11-17(3,12-4-5-14(18)19-10-12)15(21)20(16)13-6-8-22-9-7-13/h4-6,10,14,19H,7-9,11,18H2,1-3H3. The van der Waals surface area contributed by atoms with Crippen molar-refractivity contribution in [3.8, 4) is 0 Å². The van der Waals surface area contributed by atoms with Crippen LogP contribution in [0.5, 0.6) is 0 Å². The number of dihydropyridines is 1. The van der Waals surface area contributed by atoms with Crippen molar-refractivity contribution in [1.82, 2.24) is 10.2 Å². The molecule has 120 valence electrons. The van der Waals surface area contributed by atoms with Crippen LogP contribution in [0.3, 0.4) is 0 Å². The zero-order chi connectivity index (χ0) is 16.0. The van der Waals surface area contributed by atoms with Crippen molar-refractivity contribution in [2.24, 2.45) is 11.1 Å². The maximum atomic E-state index is 13.2. The van der Waals surface area contributed by atoms with E-state index in [0.29, 0.717) is 13.2 Å². The number of amides is 1. The molecule has 3 aliphatic rings. The molecule has 5 heteroatoms. The summed E-state index contributed by atoms with van der Waals surface area (Å²) in [6.45, 7) is 7.58. The van der Waals surface area contributed by atoms with Crippen LogP contribution >= 0.6 is 0 Å². The second-order valence-corrected chi connectivity index (χ2v) is 7.13. The van der Waals surface area contributed by atoms with Gasteiger partial charge in [0, 0.05) is 23.9 Å². The van der Waals surface area contributed by atoms with E-state index in [2.05, 4.69) is 19.2 Å². The largest absolute Gasteiger partial charge is 0.377 e. The van der Waals surface area contributed by atoms with Gasteiger partial charge in [0.25, 0.3) is 0 Å². The molecule has 3 rings (SSSR count).